The van der Waals surface area contributed by atoms with Gasteiger partial charge in [-0.05, 0) is 25.0 Å². The first kappa shape index (κ1) is 17.3. The number of hydrogen-bond donors (Lipinski definition) is 0. The minimum absolute atomic E-state index is 0.111. The molecule has 0 aliphatic heterocycles. The zero-order valence-electron chi connectivity index (χ0n) is 13.6. The molecule has 0 saturated carbocycles. The van der Waals surface area contributed by atoms with Crippen molar-refractivity contribution in [2.75, 3.05) is 6.61 Å². The number of carbonyl (C=O) groups is 1. The largest absolute Gasteiger partial charge is 0.465 e. The number of thioether (sulfide) groups is 1. The molecule has 0 fully saturated rings. The lowest BCUT2D eigenvalue weighted by Crippen LogP contribution is -2.26. The number of allylic oxidation sites excluding steroid dienone is 1. The maximum absolute atomic E-state index is 12.2. The number of nitrogens with zero attached hydrogens (tertiary/aromatic N) is 3. The molecule has 2 rings (SSSR count). The van der Waals surface area contributed by atoms with Gasteiger partial charge in [-0.25, -0.2) is 0 Å². The molecule has 0 amide bonds. The Morgan fingerprint density at radius 1 is 1.52 bits per heavy atom. The normalized spacial score (nSPS) is 12.3. The van der Waals surface area contributed by atoms with E-state index in [1.54, 1.807) is 25.3 Å². The molecule has 1 atom stereocenters. The van der Waals surface area contributed by atoms with Crippen LogP contribution in [0.4, 0.5) is 0 Å². The van der Waals surface area contributed by atoms with Crippen molar-refractivity contribution in [3.63, 3.8) is 0 Å². The Labute approximate surface area is 139 Å². The van der Waals surface area contributed by atoms with Gasteiger partial charge in [0, 0.05) is 6.54 Å². The van der Waals surface area contributed by atoms with E-state index in [4.69, 9.17) is 9.15 Å². The first-order valence-electron chi connectivity index (χ1n) is 7.49. The van der Waals surface area contributed by atoms with Crippen LogP contribution in [0.3, 0.4) is 0 Å². The minimum Gasteiger partial charge on any atom is -0.465 e. The van der Waals surface area contributed by atoms with Crippen LogP contribution in [-0.4, -0.2) is 32.6 Å². The molecular weight excluding hydrogens is 314 g/mol. The number of rotatable bonds is 8. The van der Waals surface area contributed by atoms with E-state index in [-0.39, 0.29) is 17.1 Å². The topological polar surface area (TPSA) is 70.2 Å². The molecule has 0 aliphatic rings. The Kier molecular flexibility index (Phi) is 6.04. The summed E-state index contributed by atoms with van der Waals surface area (Å²) in [4.78, 5) is 12.2. The summed E-state index contributed by atoms with van der Waals surface area (Å²) in [5.41, 5.74) is 0. The molecule has 124 valence electrons. The third-order valence-corrected chi connectivity index (χ3v) is 4.63. The molecule has 0 unspecified atom stereocenters. The highest BCUT2D eigenvalue weighted by molar-refractivity contribution is 8.00. The van der Waals surface area contributed by atoms with Gasteiger partial charge in [-0.2, -0.15) is 0 Å². The second-order valence-corrected chi connectivity index (χ2v) is 6.33. The van der Waals surface area contributed by atoms with E-state index in [1.807, 2.05) is 24.5 Å². The fraction of sp³-hybridized carbons (Fsp3) is 0.438. The second kappa shape index (κ2) is 8.01. The highest BCUT2D eigenvalue weighted by Gasteiger charge is 2.28. The molecule has 0 saturated heterocycles. The Balaban J connectivity index is 2.31. The molecule has 0 N–H and O–H groups in total. The Morgan fingerprint density at radius 3 is 2.87 bits per heavy atom. The number of carbonyl (C=O) groups excluding carboxylic acids is 1. The van der Waals surface area contributed by atoms with Gasteiger partial charge in [-0.3, -0.25) is 9.36 Å². The van der Waals surface area contributed by atoms with Gasteiger partial charge in [0.25, 0.3) is 0 Å². The van der Waals surface area contributed by atoms with Crippen molar-refractivity contribution < 1.29 is 13.9 Å². The molecule has 2 aromatic heterocycles. The van der Waals surface area contributed by atoms with Crippen molar-refractivity contribution in [3.8, 4) is 11.6 Å². The molecule has 6 nitrogen and oxygen atoms in total. The van der Waals surface area contributed by atoms with Crippen LogP contribution in [0.25, 0.3) is 11.6 Å². The van der Waals surface area contributed by atoms with Gasteiger partial charge < -0.3 is 9.15 Å². The van der Waals surface area contributed by atoms with Crippen LogP contribution in [0.1, 0.15) is 20.8 Å². The van der Waals surface area contributed by atoms with E-state index >= 15 is 0 Å². The summed E-state index contributed by atoms with van der Waals surface area (Å²) in [6.07, 6.45) is 3.35. The lowest BCUT2D eigenvalue weighted by Gasteiger charge is -2.18. The van der Waals surface area contributed by atoms with Crippen LogP contribution < -0.4 is 0 Å². The van der Waals surface area contributed by atoms with Crippen molar-refractivity contribution in [2.24, 2.45) is 5.92 Å². The van der Waals surface area contributed by atoms with Gasteiger partial charge in [0.05, 0.1) is 12.9 Å². The van der Waals surface area contributed by atoms with Crippen LogP contribution in [-0.2, 0) is 16.1 Å². The first-order valence-corrected chi connectivity index (χ1v) is 8.37. The maximum atomic E-state index is 12.2. The highest BCUT2D eigenvalue weighted by Crippen LogP contribution is 2.31. The average Bonchev–Trinajstić information content (AvgIpc) is 3.14. The Morgan fingerprint density at radius 2 is 2.30 bits per heavy atom. The van der Waals surface area contributed by atoms with Gasteiger partial charge in [-0.1, -0.05) is 31.7 Å². The van der Waals surface area contributed by atoms with Crippen molar-refractivity contribution >= 4 is 17.7 Å². The third-order valence-electron chi connectivity index (χ3n) is 3.13. The van der Waals surface area contributed by atoms with Crippen molar-refractivity contribution in [1.29, 1.82) is 0 Å². The average molecular weight is 335 g/mol. The van der Waals surface area contributed by atoms with Crippen molar-refractivity contribution in [1.82, 2.24) is 14.8 Å². The molecule has 2 aromatic rings. The van der Waals surface area contributed by atoms with Crippen molar-refractivity contribution in [2.45, 2.75) is 37.7 Å². The fourth-order valence-corrected chi connectivity index (χ4v) is 3.09. The molecule has 0 spiro atoms. The Hall–Kier alpha value is -2.02. The van der Waals surface area contributed by atoms with E-state index < -0.39 is 0 Å². The van der Waals surface area contributed by atoms with Gasteiger partial charge in [0.2, 0.25) is 5.82 Å². The summed E-state index contributed by atoms with van der Waals surface area (Å²) < 4.78 is 12.4. The summed E-state index contributed by atoms with van der Waals surface area (Å²) in [5.74, 6) is 1.12. The fourth-order valence-electron chi connectivity index (χ4n) is 2.05. The molecule has 7 heteroatoms. The number of hydrogen-bond acceptors (Lipinski definition) is 6. The predicted octanol–water partition coefficient (Wildman–Crippen LogP) is 3.40. The van der Waals surface area contributed by atoms with E-state index in [9.17, 15) is 4.79 Å². The molecule has 0 aromatic carbocycles. The summed E-state index contributed by atoms with van der Waals surface area (Å²) in [5, 5.41) is 8.71. The van der Waals surface area contributed by atoms with Crippen LogP contribution in [0, 0.1) is 5.92 Å². The molecule has 0 aliphatic carbocycles. The van der Waals surface area contributed by atoms with E-state index in [0.29, 0.717) is 29.9 Å². The lowest BCUT2D eigenvalue weighted by atomic mass is 10.1. The highest BCUT2D eigenvalue weighted by atomic mass is 32.2. The summed E-state index contributed by atoms with van der Waals surface area (Å²) in [7, 11) is 0. The number of ether oxygens (including phenoxy) is 1. The van der Waals surface area contributed by atoms with E-state index in [1.165, 1.54) is 11.8 Å². The second-order valence-electron chi connectivity index (χ2n) is 5.22. The van der Waals surface area contributed by atoms with Crippen LogP contribution in [0.2, 0.25) is 0 Å². The quantitative estimate of drug-likeness (QED) is 0.418. The maximum Gasteiger partial charge on any atom is 0.319 e. The predicted molar refractivity (Wildman–Crippen MR) is 89.0 cm³/mol. The molecule has 23 heavy (non-hydrogen) atoms. The summed E-state index contributed by atoms with van der Waals surface area (Å²) >= 11 is 1.35. The van der Waals surface area contributed by atoms with Crippen molar-refractivity contribution in [3.05, 3.63) is 31.1 Å². The van der Waals surface area contributed by atoms with E-state index in [2.05, 4.69) is 16.8 Å². The summed E-state index contributed by atoms with van der Waals surface area (Å²) in [6.45, 7) is 10.4. The van der Waals surface area contributed by atoms with Gasteiger partial charge >= 0.3 is 5.97 Å². The smallest absolute Gasteiger partial charge is 0.319 e. The molecule has 0 bridgehead atoms. The lowest BCUT2D eigenvalue weighted by molar-refractivity contribution is -0.143. The summed E-state index contributed by atoms with van der Waals surface area (Å²) in [6, 6.07) is 3.62. The zero-order valence-corrected chi connectivity index (χ0v) is 14.4. The number of esters is 1. The standard InChI is InChI=1S/C16H21N3O3S/c1-5-9-19-14(12-8-7-10-22-12)17-18-16(19)23-13(11(3)4)15(20)21-6-2/h5,7-8,10-11,13H,1,6,9H2,2-4H3/t13-/m0/s1. The Bertz CT molecular complexity index is 650. The van der Waals surface area contributed by atoms with Crippen LogP contribution in [0.5, 0.6) is 0 Å². The van der Waals surface area contributed by atoms with Gasteiger partial charge in [-0.15, -0.1) is 16.8 Å². The molecule has 0 radical (unpaired) electrons. The SMILES string of the molecule is C=CCn1c(S[C@H](C(=O)OCC)C(C)C)nnc1-c1ccco1. The van der Waals surface area contributed by atoms with Crippen LogP contribution in [0.15, 0.2) is 40.6 Å². The number of aromatic nitrogens is 3. The first-order chi connectivity index (χ1) is 11.1. The minimum atomic E-state index is -0.341. The number of furan rings is 1. The molecular formula is C16H21N3O3S. The zero-order chi connectivity index (χ0) is 16.8. The third kappa shape index (κ3) is 4.04. The molecule has 2 heterocycles. The van der Waals surface area contributed by atoms with Crippen LogP contribution >= 0.6 is 11.8 Å². The van der Waals surface area contributed by atoms with Gasteiger partial charge in [0.1, 0.15) is 5.25 Å². The monoisotopic (exact) mass is 335 g/mol. The van der Waals surface area contributed by atoms with Gasteiger partial charge in [0.15, 0.2) is 10.9 Å². The van der Waals surface area contributed by atoms with E-state index in [0.717, 1.165) is 0 Å².